The summed E-state index contributed by atoms with van der Waals surface area (Å²) < 4.78 is 0. The molecule has 0 spiro atoms. The van der Waals surface area contributed by atoms with Crippen LogP contribution in [0.1, 0.15) is 5.56 Å². The van der Waals surface area contributed by atoms with Gasteiger partial charge in [-0.3, -0.25) is 9.97 Å². The molecule has 0 saturated heterocycles. The van der Waals surface area contributed by atoms with Crippen molar-refractivity contribution >= 4 is 0 Å². The van der Waals surface area contributed by atoms with Crippen LogP contribution < -0.4 is 0 Å². The van der Waals surface area contributed by atoms with E-state index in [1.54, 1.807) is 24.7 Å². The zero-order chi connectivity index (χ0) is 9.80. The molecule has 66 valence electrons. The van der Waals surface area contributed by atoms with Crippen LogP contribution in [0.3, 0.4) is 0 Å². The monoisotopic (exact) mass is 181 g/mol. The van der Waals surface area contributed by atoms with E-state index in [1.807, 2.05) is 18.2 Å². The van der Waals surface area contributed by atoms with E-state index < -0.39 is 0 Å². The predicted octanol–water partition coefficient (Wildman–Crippen LogP) is 2.02. The molecule has 0 N–H and O–H groups in total. The smallest absolute Gasteiger partial charge is 0.101 e. The Hall–Kier alpha value is -2.21. The molecule has 2 aromatic heterocycles. The van der Waals surface area contributed by atoms with Crippen molar-refractivity contribution in [1.29, 1.82) is 5.26 Å². The third-order valence-electron chi connectivity index (χ3n) is 1.88. The van der Waals surface area contributed by atoms with Gasteiger partial charge in [0, 0.05) is 24.2 Å². The Kier molecular flexibility index (Phi) is 2.20. The standard InChI is InChI=1S/C11H7N3/c12-7-9-8-13-6-4-10(9)11-3-1-2-5-14-11/h1-6,8H. The minimum Gasteiger partial charge on any atom is -0.263 e. The van der Waals surface area contributed by atoms with E-state index >= 15 is 0 Å². The van der Waals surface area contributed by atoms with Crippen molar-refractivity contribution in [3.05, 3.63) is 48.4 Å². The first kappa shape index (κ1) is 8.39. The molecule has 0 bridgehead atoms. The maximum absolute atomic E-state index is 8.86. The molecule has 2 rings (SSSR count). The van der Waals surface area contributed by atoms with Gasteiger partial charge in [-0.1, -0.05) is 6.07 Å². The fourth-order valence-electron chi connectivity index (χ4n) is 1.23. The maximum Gasteiger partial charge on any atom is 0.101 e. The lowest BCUT2D eigenvalue weighted by atomic mass is 10.1. The van der Waals surface area contributed by atoms with E-state index in [0.717, 1.165) is 11.3 Å². The number of hydrogen-bond acceptors (Lipinski definition) is 3. The largest absolute Gasteiger partial charge is 0.263 e. The van der Waals surface area contributed by atoms with E-state index in [4.69, 9.17) is 5.26 Å². The molecule has 0 aliphatic rings. The number of pyridine rings is 2. The average Bonchev–Trinajstić information content (AvgIpc) is 2.30. The normalized spacial score (nSPS) is 9.36. The molecule has 0 aliphatic carbocycles. The van der Waals surface area contributed by atoms with Crippen LogP contribution in [-0.2, 0) is 0 Å². The highest BCUT2D eigenvalue weighted by atomic mass is 14.7. The van der Waals surface area contributed by atoms with E-state index in [9.17, 15) is 0 Å². The van der Waals surface area contributed by atoms with Gasteiger partial charge in [-0.05, 0) is 18.2 Å². The molecule has 0 unspecified atom stereocenters. The molecule has 3 nitrogen and oxygen atoms in total. The van der Waals surface area contributed by atoms with Crippen LogP contribution in [0.15, 0.2) is 42.9 Å². The molecule has 3 heteroatoms. The van der Waals surface area contributed by atoms with Crippen molar-refractivity contribution < 1.29 is 0 Å². The summed E-state index contributed by atoms with van der Waals surface area (Å²) in [4.78, 5) is 8.07. The summed E-state index contributed by atoms with van der Waals surface area (Å²) in [6.45, 7) is 0. The predicted molar refractivity (Wildman–Crippen MR) is 52.2 cm³/mol. The van der Waals surface area contributed by atoms with Gasteiger partial charge in [-0.15, -0.1) is 0 Å². The highest BCUT2D eigenvalue weighted by Gasteiger charge is 2.03. The van der Waals surface area contributed by atoms with Crippen molar-refractivity contribution in [2.24, 2.45) is 0 Å². The fraction of sp³-hybridized carbons (Fsp3) is 0. The second kappa shape index (κ2) is 3.67. The van der Waals surface area contributed by atoms with Crippen LogP contribution in [0.2, 0.25) is 0 Å². The number of rotatable bonds is 1. The Labute approximate surface area is 81.7 Å². The highest BCUT2D eigenvalue weighted by Crippen LogP contribution is 2.18. The molecule has 14 heavy (non-hydrogen) atoms. The Bertz CT molecular complexity index is 471. The Morgan fingerprint density at radius 2 is 2.07 bits per heavy atom. The van der Waals surface area contributed by atoms with Gasteiger partial charge in [0.25, 0.3) is 0 Å². The van der Waals surface area contributed by atoms with Crippen LogP contribution >= 0.6 is 0 Å². The molecule has 0 amide bonds. The van der Waals surface area contributed by atoms with Gasteiger partial charge < -0.3 is 0 Å². The lowest BCUT2D eigenvalue weighted by Gasteiger charge is -2.00. The van der Waals surface area contributed by atoms with E-state index in [2.05, 4.69) is 16.0 Å². The molecule has 0 radical (unpaired) electrons. The van der Waals surface area contributed by atoms with Gasteiger partial charge in [0.05, 0.1) is 11.3 Å². The van der Waals surface area contributed by atoms with Crippen molar-refractivity contribution in [1.82, 2.24) is 9.97 Å². The SMILES string of the molecule is N#Cc1cnccc1-c1ccccn1. The minimum atomic E-state index is 0.547. The first-order chi connectivity index (χ1) is 6.92. The highest BCUT2D eigenvalue weighted by molar-refractivity contribution is 5.65. The Balaban J connectivity index is 2.58. The summed E-state index contributed by atoms with van der Waals surface area (Å²) in [6, 6.07) is 9.49. The fourth-order valence-corrected chi connectivity index (χ4v) is 1.23. The van der Waals surface area contributed by atoms with Crippen molar-refractivity contribution in [3.8, 4) is 17.3 Å². The quantitative estimate of drug-likeness (QED) is 0.676. The summed E-state index contributed by atoms with van der Waals surface area (Å²) in [6.07, 6.45) is 4.91. The van der Waals surface area contributed by atoms with Crippen LogP contribution in [0.5, 0.6) is 0 Å². The second-order valence-corrected chi connectivity index (χ2v) is 2.75. The van der Waals surface area contributed by atoms with Gasteiger partial charge >= 0.3 is 0 Å². The summed E-state index contributed by atoms with van der Waals surface area (Å²) >= 11 is 0. The van der Waals surface area contributed by atoms with Crippen molar-refractivity contribution in [3.63, 3.8) is 0 Å². The van der Waals surface area contributed by atoms with Crippen molar-refractivity contribution in [2.75, 3.05) is 0 Å². The number of nitrogens with zero attached hydrogens (tertiary/aromatic N) is 3. The van der Waals surface area contributed by atoms with Gasteiger partial charge in [0.1, 0.15) is 6.07 Å². The van der Waals surface area contributed by atoms with Gasteiger partial charge in [0.15, 0.2) is 0 Å². The van der Waals surface area contributed by atoms with Crippen LogP contribution in [0, 0.1) is 11.3 Å². The molecular formula is C11H7N3. The van der Waals surface area contributed by atoms with Crippen LogP contribution in [-0.4, -0.2) is 9.97 Å². The van der Waals surface area contributed by atoms with Gasteiger partial charge in [-0.25, -0.2) is 0 Å². The molecule has 2 heterocycles. The molecule has 2 aromatic rings. The van der Waals surface area contributed by atoms with Crippen LogP contribution in [0.4, 0.5) is 0 Å². The topological polar surface area (TPSA) is 49.6 Å². The van der Waals surface area contributed by atoms with Crippen LogP contribution in [0.25, 0.3) is 11.3 Å². The number of hydrogen-bond donors (Lipinski definition) is 0. The van der Waals surface area contributed by atoms with Gasteiger partial charge in [-0.2, -0.15) is 5.26 Å². The summed E-state index contributed by atoms with van der Waals surface area (Å²) in [5.74, 6) is 0. The van der Waals surface area contributed by atoms with E-state index in [1.165, 1.54) is 0 Å². The summed E-state index contributed by atoms with van der Waals surface area (Å²) in [5, 5.41) is 8.86. The third-order valence-corrected chi connectivity index (χ3v) is 1.88. The third kappa shape index (κ3) is 1.46. The molecular weight excluding hydrogens is 174 g/mol. The maximum atomic E-state index is 8.86. The van der Waals surface area contributed by atoms with E-state index in [-0.39, 0.29) is 0 Å². The first-order valence-corrected chi connectivity index (χ1v) is 4.17. The van der Waals surface area contributed by atoms with Crippen molar-refractivity contribution in [2.45, 2.75) is 0 Å². The molecule has 0 aliphatic heterocycles. The lowest BCUT2D eigenvalue weighted by molar-refractivity contribution is 1.27. The molecule has 0 fully saturated rings. The zero-order valence-electron chi connectivity index (χ0n) is 7.38. The average molecular weight is 181 g/mol. The minimum absolute atomic E-state index is 0.547. The Morgan fingerprint density at radius 1 is 1.14 bits per heavy atom. The zero-order valence-corrected chi connectivity index (χ0v) is 7.38. The van der Waals surface area contributed by atoms with E-state index in [0.29, 0.717) is 5.56 Å². The summed E-state index contributed by atoms with van der Waals surface area (Å²) in [5.41, 5.74) is 2.17. The number of aromatic nitrogens is 2. The molecule has 0 aromatic carbocycles. The number of nitriles is 1. The second-order valence-electron chi connectivity index (χ2n) is 2.75. The lowest BCUT2D eigenvalue weighted by Crippen LogP contribution is -1.87. The molecule has 0 saturated carbocycles. The Morgan fingerprint density at radius 3 is 2.79 bits per heavy atom. The summed E-state index contributed by atoms with van der Waals surface area (Å²) in [7, 11) is 0. The molecule has 0 atom stereocenters. The van der Waals surface area contributed by atoms with Gasteiger partial charge in [0.2, 0.25) is 0 Å². The first-order valence-electron chi connectivity index (χ1n) is 4.17.